The highest BCUT2D eigenvalue weighted by atomic mass is 16.5. The van der Waals surface area contributed by atoms with E-state index < -0.39 is 0 Å². The van der Waals surface area contributed by atoms with Crippen molar-refractivity contribution in [2.45, 2.75) is 27.3 Å². The number of ether oxygens (including phenoxy) is 1. The molecule has 5 amide bonds. The lowest BCUT2D eigenvalue weighted by Crippen LogP contribution is -2.54. The minimum absolute atomic E-state index is 0.00922. The van der Waals surface area contributed by atoms with E-state index >= 15 is 0 Å². The molecule has 0 saturated carbocycles. The minimum atomic E-state index is -0.341. The van der Waals surface area contributed by atoms with Crippen molar-refractivity contribution in [1.29, 1.82) is 0 Å². The molecule has 0 spiro atoms. The van der Waals surface area contributed by atoms with Gasteiger partial charge in [0.05, 0.1) is 29.8 Å². The van der Waals surface area contributed by atoms with Gasteiger partial charge in [0.15, 0.2) is 0 Å². The monoisotopic (exact) mass is 492 g/mol. The zero-order chi connectivity index (χ0) is 25.8. The fourth-order valence-corrected chi connectivity index (χ4v) is 4.65. The number of amides is 5. The third-order valence-corrected chi connectivity index (χ3v) is 6.66. The quantitative estimate of drug-likeness (QED) is 0.554. The summed E-state index contributed by atoms with van der Waals surface area (Å²) in [6.45, 7) is 9.24. The van der Waals surface area contributed by atoms with Gasteiger partial charge in [-0.1, -0.05) is 18.2 Å². The molecular weight excluding hydrogens is 460 g/mol. The lowest BCUT2D eigenvalue weighted by atomic mass is 10.1. The molecule has 0 aromatic heterocycles. The maximum absolute atomic E-state index is 13.5. The average molecular weight is 493 g/mol. The molecule has 0 N–H and O–H groups in total. The van der Waals surface area contributed by atoms with E-state index in [1.54, 1.807) is 57.2 Å². The van der Waals surface area contributed by atoms with Crippen LogP contribution in [0.4, 0.5) is 4.79 Å². The summed E-state index contributed by atoms with van der Waals surface area (Å²) in [5.74, 6) is -0.425. The van der Waals surface area contributed by atoms with Gasteiger partial charge in [0.25, 0.3) is 17.7 Å². The van der Waals surface area contributed by atoms with Gasteiger partial charge in [-0.15, -0.1) is 0 Å². The maximum Gasteiger partial charge on any atom is 0.320 e. The first kappa shape index (κ1) is 25.2. The first-order chi connectivity index (χ1) is 17.4. The van der Waals surface area contributed by atoms with Gasteiger partial charge in [-0.3, -0.25) is 19.3 Å². The number of piperazine rings is 1. The van der Waals surface area contributed by atoms with Gasteiger partial charge < -0.3 is 19.4 Å². The van der Waals surface area contributed by atoms with Gasteiger partial charge in [-0.2, -0.15) is 0 Å². The van der Waals surface area contributed by atoms with Crippen LogP contribution in [-0.4, -0.2) is 89.2 Å². The average Bonchev–Trinajstić information content (AvgIpc) is 3.15. The molecule has 190 valence electrons. The van der Waals surface area contributed by atoms with Gasteiger partial charge in [0, 0.05) is 39.3 Å². The summed E-state index contributed by atoms with van der Waals surface area (Å²) < 4.78 is 5.72. The Labute approximate surface area is 211 Å². The van der Waals surface area contributed by atoms with E-state index in [0.717, 1.165) is 0 Å². The van der Waals surface area contributed by atoms with Crippen molar-refractivity contribution in [2.24, 2.45) is 0 Å². The highest BCUT2D eigenvalue weighted by Gasteiger charge is 2.35. The zero-order valence-corrected chi connectivity index (χ0v) is 21.0. The van der Waals surface area contributed by atoms with Gasteiger partial charge in [0.2, 0.25) is 0 Å². The number of imide groups is 1. The predicted molar refractivity (Wildman–Crippen MR) is 134 cm³/mol. The van der Waals surface area contributed by atoms with E-state index in [4.69, 9.17) is 4.74 Å². The van der Waals surface area contributed by atoms with Gasteiger partial charge in [0.1, 0.15) is 5.75 Å². The number of hydrogen-bond acceptors (Lipinski definition) is 5. The Morgan fingerprint density at radius 1 is 0.861 bits per heavy atom. The van der Waals surface area contributed by atoms with Crippen molar-refractivity contribution in [1.82, 2.24) is 19.6 Å². The Hall–Kier alpha value is -3.88. The van der Waals surface area contributed by atoms with Crippen LogP contribution in [0.3, 0.4) is 0 Å². The summed E-state index contributed by atoms with van der Waals surface area (Å²) in [6, 6.07) is 11.9. The molecule has 2 aliphatic heterocycles. The van der Waals surface area contributed by atoms with Crippen molar-refractivity contribution < 1.29 is 23.9 Å². The van der Waals surface area contributed by atoms with Crippen molar-refractivity contribution in [3.05, 3.63) is 64.7 Å². The molecule has 0 radical (unpaired) electrons. The van der Waals surface area contributed by atoms with Crippen LogP contribution in [0.2, 0.25) is 0 Å². The second-order valence-corrected chi connectivity index (χ2v) is 8.74. The summed E-state index contributed by atoms with van der Waals surface area (Å²) >= 11 is 0. The molecule has 2 aromatic rings. The molecule has 2 aliphatic rings. The molecule has 36 heavy (non-hydrogen) atoms. The number of rotatable bonds is 7. The summed E-state index contributed by atoms with van der Waals surface area (Å²) in [5, 5.41) is 0. The lowest BCUT2D eigenvalue weighted by molar-refractivity contribution is 0.0636. The Kier molecular flexibility index (Phi) is 7.57. The fourth-order valence-electron chi connectivity index (χ4n) is 4.65. The van der Waals surface area contributed by atoms with Crippen molar-refractivity contribution in [3.8, 4) is 5.75 Å². The smallest absolute Gasteiger partial charge is 0.320 e. The molecule has 0 unspecified atom stereocenters. The van der Waals surface area contributed by atoms with Crippen LogP contribution in [0.5, 0.6) is 5.75 Å². The third kappa shape index (κ3) is 4.78. The van der Waals surface area contributed by atoms with Gasteiger partial charge >= 0.3 is 6.03 Å². The van der Waals surface area contributed by atoms with Crippen LogP contribution in [-0.2, 0) is 6.54 Å². The van der Waals surface area contributed by atoms with E-state index in [1.807, 2.05) is 20.8 Å². The molecule has 0 atom stereocenters. The van der Waals surface area contributed by atoms with Gasteiger partial charge in [-0.05, 0) is 50.6 Å². The summed E-state index contributed by atoms with van der Waals surface area (Å²) in [6.07, 6.45) is 0. The predicted octanol–water partition coefficient (Wildman–Crippen LogP) is 3.10. The van der Waals surface area contributed by atoms with Crippen LogP contribution < -0.4 is 4.74 Å². The SMILES string of the molecule is CCOc1ccc(CN2C(=O)c3ccccc3C2=O)cc1C(=O)N1CCN(C(=O)N(CC)CC)CC1. The molecule has 2 aromatic carbocycles. The molecule has 0 aliphatic carbocycles. The molecule has 9 heteroatoms. The summed E-state index contributed by atoms with van der Waals surface area (Å²) in [5.41, 5.74) is 1.82. The zero-order valence-electron chi connectivity index (χ0n) is 21.0. The molecule has 9 nitrogen and oxygen atoms in total. The lowest BCUT2D eigenvalue weighted by Gasteiger charge is -2.37. The highest BCUT2D eigenvalue weighted by molar-refractivity contribution is 6.21. The van der Waals surface area contributed by atoms with E-state index in [2.05, 4.69) is 0 Å². The van der Waals surface area contributed by atoms with Crippen LogP contribution in [0, 0.1) is 0 Å². The van der Waals surface area contributed by atoms with E-state index in [0.29, 0.717) is 73.9 Å². The number of hydrogen-bond donors (Lipinski definition) is 0. The second-order valence-electron chi connectivity index (χ2n) is 8.74. The fraction of sp³-hybridized carbons (Fsp3) is 0.407. The van der Waals surface area contributed by atoms with E-state index in [9.17, 15) is 19.2 Å². The van der Waals surface area contributed by atoms with Crippen molar-refractivity contribution >= 4 is 23.8 Å². The molecule has 0 bridgehead atoms. The second kappa shape index (κ2) is 10.8. The minimum Gasteiger partial charge on any atom is -0.493 e. The van der Waals surface area contributed by atoms with Crippen LogP contribution >= 0.6 is 0 Å². The number of carbonyl (C=O) groups is 4. The standard InChI is InChI=1S/C27H32N4O5/c1-4-28(5-2)27(35)30-15-13-29(14-16-30)24(32)22-17-19(11-12-23(22)36-6-3)18-31-25(33)20-9-7-8-10-21(20)26(31)34/h7-12,17H,4-6,13-16,18H2,1-3H3. The van der Waals surface area contributed by atoms with Gasteiger partial charge in [-0.25, -0.2) is 4.79 Å². The maximum atomic E-state index is 13.5. The molecule has 2 heterocycles. The van der Waals surface area contributed by atoms with Crippen LogP contribution in [0.1, 0.15) is 57.4 Å². The topological polar surface area (TPSA) is 90.5 Å². The number of carbonyl (C=O) groups excluding carboxylic acids is 4. The highest BCUT2D eigenvalue weighted by Crippen LogP contribution is 2.27. The van der Waals surface area contributed by atoms with E-state index in [-0.39, 0.29) is 30.3 Å². The number of nitrogens with zero attached hydrogens (tertiary/aromatic N) is 4. The molecule has 4 rings (SSSR count). The third-order valence-electron chi connectivity index (χ3n) is 6.66. The Balaban J connectivity index is 1.50. The van der Waals surface area contributed by atoms with Crippen LogP contribution in [0.25, 0.3) is 0 Å². The largest absolute Gasteiger partial charge is 0.493 e. The first-order valence-electron chi connectivity index (χ1n) is 12.4. The Morgan fingerprint density at radius 3 is 2.00 bits per heavy atom. The Morgan fingerprint density at radius 2 is 1.44 bits per heavy atom. The van der Waals surface area contributed by atoms with E-state index in [1.165, 1.54) is 4.90 Å². The summed E-state index contributed by atoms with van der Waals surface area (Å²) in [4.78, 5) is 58.2. The Bertz CT molecular complexity index is 1130. The first-order valence-corrected chi connectivity index (χ1v) is 12.4. The molecule has 1 fully saturated rings. The summed E-state index contributed by atoms with van der Waals surface area (Å²) in [7, 11) is 0. The van der Waals surface area contributed by atoms with Crippen molar-refractivity contribution in [3.63, 3.8) is 0 Å². The molecule has 1 saturated heterocycles. The van der Waals surface area contributed by atoms with Crippen molar-refractivity contribution in [2.75, 3.05) is 45.9 Å². The van der Waals surface area contributed by atoms with Crippen LogP contribution in [0.15, 0.2) is 42.5 Å². The number of benzene rings is 2. The number of urea groups is 1. The number of fused-ring (bicyclic) bond motifs is 1. The normalized spacial score (nSPS) is 15.2. The molecular formula is C27H32N4O5.